The number of amides is 2. The molecule has 1 unspecified atom stereocenters. The van der Waals surface area contributed by atoms with Gasteiger partial charge in [0, 0.05) is 16.6 Å². The third-order valence-electron chi connectivity index (χ3n) is 5.50. The van der Waals surface area contributed by atoms with Gasteiger partial charge in [-0.2, -0.15) is 0 Å². The number of carbonyl (C=O) groups is 2. The van der Waals surface area contributed by atoms with Crippen LogP contribution >= 0.6 is 11.3 Å². The minimum Gasteiger partial charge on any atom is -0.479 e. The smallest absolute Gasteiger partial charge is 0.268 e. The second-order valence-corrected chi connectivity index (χ2v) is 9.17. The van der Waals surface area contributed by atoms with Crippen LogP contribution in [0.4, 0.5) is 11.4 Å². The molecule has 5 rings (SSSR count). The molecule has 176 valence electrons. The summed E-state index contributed by atoms with van der Waals surface area (Å²) in [5, 5.41) is 5.78. The summed E-state index contributed by atoms with van der Waals surface area (Å²) >= 11 is 1.56. The van der Waals surface area contributed by atoms with E-state index in [1.54, 1.807) is 42.5 Å². The van der Waals surface area contributed by atoms with Gasteiger partial charge in [-0.3, -0.25) is 14.5 Å². The SMILES string of the molecule is Cc1nc(-c2ccc3c(c2)N(CC(=O)Nc2ccc(Oc4ccccc4)cc2)C(=O)C(C)O3)cs1. The Labute approximate surface area is 207 Å². The number of thiazole rings is 1. The second-order valence-electron chi connectivity index (χ2n) is 8.11. The monoisotopic (exact) mass is 485 g/mol. The fourth-order valence-corrected chi connectivity index (χ4v) is 4.42. The van der Waals surface area contributed by atoms with Crippen molar-refractivity contribution < 1.29 is 19.1 Å². The van der Waals surface area contributed by atoms with Crippen LogP contribution in [0, 0.1) is 6.92 Å². The van der Waals surface area contributed by atoms with Crippen molar-refractivity contribution in [1.82, 2.24) is 4.98 Å². The van der Waals surface area contributed by atoms with Crippen molar-refractivity contribution in [2.24, 2.45) is 0 Å². The normalized spacial score (nSPS) is 14.7. The zero-order chi connectivity index (χ0) is 24.4. The minimum atomic E-state index is -0.683. The molecule has 1 N–H and O–H groups in total. The number of aromatic nitrogens is 1. The Balaban J connectivity index is 1.31. The van der Waals surface area contributed by atoms with E-state index >= 15 is 0 Å². The predicted octanol–water partition coefficient (Wildman–Crippen LogP) is 5.66. The molecule has 0 spiro atoms. The Morgan fingerprint density at radius 3 is 2.54 bits per heavy atom. The number of benzene rings is 3. The Morgan fingerprint density at radius 1 is 1.09 bits per heavy atom. The highest BCUT2D eigenvalue weighted by Gasteiger charge is 2.33. The molecule has 8 heteroatoms. The molecule has 7 nitrogen and oxygen atoms in total. The lowest BCUT2D eigenvalue weighted by molar-refractivity contribution is -0.127. The van der Waals surface area contributed by atoms with Crippen LogP contribution in [-0.4, -0.2) is 29.4 Å². The first-order valence-electron chi connectivity index (χ1n) is 11.1. The summed E-state index contributed by atoms with van der Waals surface area (Å²) in [7, 11) is 0. The lowest BCUT2D eigenvalue weighted by atomic mass is 10.1. The molecular weight excluding hydrogens is 462 g/mol. The molecule has 0 bridgehead atoms. The molecule has 0 saturated carbocycles. The lowest BCUT2D eigenvalue weighted by Crippen LogP contribution is -2.47. The van der Waals surface area contributed by atoms with Crippen LogP contribution in [0.15, 0.2) is 78.2 Å². The Kier molecular flexibility index (Phi) is 6.20. The summed E-state index contributed by atoms with van der Waals surface area (Å²) in [6.07, 6.45) is -0.683. The topological polar surface area (TPSA) is 80.8 Å². The van der Waals surface area contributed by atoms with Gasteiger partial charge in [0.15, 0.2) is 6.10 Å². The van der Waals surface area contributed by atoms with Gasteiger partial charge in [-0.25, -0.2) is 4.98 Å². The highest BCUT2D eigenvalue weighted by Crippen LogP contribution is 2.37. The van der Waals surface area contributed by atoms with Crippen LogP contribution in [0.5, 0.6) is 17.2 Å². The Hall–Kier alpha value is -4.17. The number of aryl methyl sites for hydroxylation is 1. The maximum Gasteiger partial charge on any atom is 0.268 e. The van der Waals surface area contributed by atoms with Crippen molar-refractivity contribution in [1.29, 1.82) is 0 Å². The van der Waals surface area contributed by atoms with E-state index in [4.69, 9.17) is 9.47 Å². The number of nitrogens with one attached hydrogen (secondary N) is 1. The molecule has 4 aromatic rings. The lowest BCUT2D eigenvalue weighted by Gasteiger charge is -2.32. The largest absolute Gasteiger partial charge is 0.479 e. The summed E-state index contributed by atoms with van der Waals surface area (Å²) in [5.41, 5.74) is 2.84. The Bertz CT molecular complexity index is 1370. The van der Waals surface area contributed by atoms with Crippen LogP contribution in [0.3, 0.4) is 0 Å². The van der Waals surface area contributed by atoms with Gasteiger partial charge >= 0.3 is 0 Å². The number of ether oxygens (including phenoxy) is 2. The highest BCUT2D eigenvalue weighted by molar-refractivity contribution is 7.09. The van der Waals surface area contributed by atoms with Crippen molar-refractivity contribution in [3.05, 3.63) is 83.2 Å². The van der Waals surface area contributed by atoms with Gasteiger partial charge < -0.3 is 14.8 Å². The summed E-state index contributed by atoms with van der Waals surface area (Å²) in [5.74, 6) is 1.36. The zero-order valence-corrected chi connectivity index (χ0v) is 20.0. The number of fused-ring (bicyclic) bond motifs is 1. The number of nitrogens with zero attached hydrogens (tertiary/aromatic N) is 2. The average Bonchev–Trinajstić information content (AvgIpc) is 3.30. The maximum atomic E-state index is 12.9. The summed E-state index contributed by atoms with van der Waals surface area (Å²) < 4.78 is 11.6. The molecule has 0 radical (unpaired) electrons. The Morgan fingerprint density at radius 2 is 1.83 bits per heavy atom. The molecule has 3 aromatic carbocycles. The quantitative estimate of drug-likeness (QED) is 0.381. The van der Waals surface area contributed by atoms with E-state index < -0.39 is 6.10 Å². The first-order valence-corrected chi connectivity index (χ1v) is 12.0. The van der Waals surface area contributed by atoms with E-state index in [2.05, 4.69) is 10.3 Å². The minimum absolute atomic E-state index is 0.138. The van der Waals surface area contributed by atoms with E-state index in [1.807, 2.05) is 60.8 Å². The van der Waals surface area contributed by atoms with Crippen LogP contribution in [-0.2, 0) is 9.59 Å². The van der Waals surface area contributed by atoms with Gasteiger partial charge in [0.2, 0.25) is 5.91 Å². The maximum absolute atomic E-state index is 12.9. The van der Waals surface area contributed by atoms with E-state index in [-0.39, 0.29) is 18.4 Å². The van der Waals surface area contributed by atoms with Gasteiger partial charge in [0.1, 0.15) is 23.8 Å². The third-order valence-corrected chi connectivity index (χ3v) is 6.27. The number of anilines is 2. The van der Waals surface area contributed by atoms with Gasteiger partial charge in [-0.15, -0.1) is 11.3 Å². The number of hydrogen-bond donors (Lipinski definition) is 1. The molecule has 0 fully saturated rings. The van der Waals surface area contributed by atoms with E-state index in [0.29, 0.717) is 22.9 Å². The summed E-state index contributed by atoms with van der Waals surface area (Å²) in [4.78, 5) is 31.8. The molecule has 1 aliphatic heterocycles. The van der Waals surface area contributed by atoms with Gasteiger partial charge in [0.05, 0.1) is 16.4 Å². The molecule has 1 aromatic heterocycles. The second kappa shape index (κ2) is 9.60. The summed E-state index contributed by atoms with van der Waals surface area (Å²) in [6.45, 7) is 3.48. The van der Waals surface area contributed by atoms with Crippen molar-refractivity contribution >= 4 is 34.5 Å². The molecule has 0 saturated heterocycles. The van der Waals surface area contributed by atoms with Crippen LogP contribution < -0.4 is 19.7 Å². The van der Waals surface area contributed by atoms with Crippen molar-refractivity contribution in [3.63, 3.8) is 0 Å². The van der Waals surface area contributed by atoms with Gasteiger partial charge in [0.25, 0.3) is 5.91 Å². The highest BCUT2D eigenvalue weighted by atomic mass is 32.1. The molecule has 2 amide bonds. The molecule has 2 heterocycles. The van der Waals surface area contributed by atoms with Crippen LogP contribution in [0.1, 0.15) is 11.9 Å². The number of hydrogen-bond acceptors (Lipinski definition) is 6. The standard InChI is InChI=1S/C27H23N3O4S/c1-17-27(32)30(24-14-19(8-13-25(24)33-17)23-16-35-18(2)28-23)15-26(31)29-20-9-11-22(12-10-20)34-21-6-4-3-5-7-21/h3-14,16-17H,15H2,1-2H3,(H,29,31). The number of para-hydroxylation sites is 1. The fraction of sp³-hybridized carbons (Fsp3) is 0.148. The first kappa shape index (κ1) is 22.6. The fourth-order valence-electron chi connectivity index (χ4n) is 3.80. The third kappa shape index (κ3) is 5.02. The molecule has 1 aliphatic rings. The molecule has 1 atom stereocenters. The van der Waals surface area contributed by atoms with Crippen molar-refractivity contribution in [3.8, 4) is 28.5 Å². The average molecular weight is 486 g/mol. The zero-order valence-electron chi connectivity index (χ0n) is 19.2. The number of rotatable bonds is 6. The van der Waals surface area contributed by atoms with Gasteiger partial charge in [-0.05, 0) is 68.4 Å². The van der Waals surface area contributed by atoms with Gasteiger partial charge in [-0.1, -0.05) is 18.2 Å². The van der Waals surface area contributed by atoms with Crippen LogP contribution in [0.25, 0.3) is 11.3 Å². The first-order chi connectivity index (χ1) is 17.0. The molecule has 0 aliphatic carbocycles. The van der Waals surface area contributed by atoms with Crippen LogP contribution in [0.2, 0.25) is 0 Å². The van der Waals surface area contributed by atoms with E-state index in [9.17, 15) is 9.59 Å². The predicted molar refractivity (Wildman–Crippen MR) is 136 cm³/mol. The van der Waals surface area contributed by atoms with E-state index in [1.165, 1.54) is 4.90 Å². The summed E-state index contributed by atoms with van der Waals surface area (Å²) in [6, 6.07) is 22.1. The molecule has 35 heavy (non-hydrogen) atoms. The molecular formula is C27H23N3O4S. The van der Waals surface area contributed by atoms with E-state index in [0.717, 1.165) is 22.0 Å². The van der Waals surface area contributed by atoms with Crippen molar-refractivity contribution in [2.75, 3.05) is 16.8 Å². The van der Waals surface area contributed by atoms with Crippen molar-refractivity contribution in [2.45, 2.75) is 20.0 Å². The number of carbonyl (C=O) groups excluding carboxylic acids is 2.